The summed E-state index contributed by atoms with van der Waals surface area (Å²) in [7, 11) is 0. The van der Waals surface area contributed by atoms with Crippen molar-refractivity contribution in [2.24, 2.45) is 17.6 Å². The molecular weight excluding hydrogens is 174 g/mol. The van der Waals surface area contributed by atoms with E-state index in [1.54, 1.807) is 0 Å². The van der Waals surface area contributed by atoms with Crippen molar-refractivity contribution in [2.75, 3.05) is 0 Å². The van der Waals surface area contributed by atoms with Crippen LogP contribution in [0.15, 0.2) is 0 Å². The number of primary amides is 1. The number of fused-ring (bicyclic) bond motifs is 2. The number of nitrogens with two attached hydrogens (primary N) is 1. The zero-order valence-corrected chi connectivity index (χ0v) is 6.97. The van der Waals surface area contributed by atoms with Crippen molar-refractivity contribution in [2.45, 2.75) is 25.0 Å². The summed E-state index contributed by atoms with van der Waals surface area (Å²) < 4.78 is 5.34. The highest BCUT2D eigenvalue weighted by Gasteiger charge is 2.54. The number of carbonyl (C=O) groups is 2. The third-order valence-electron chi connectivity index (χ3n) is 2.89. The highest BCUT2D eigenvalue weighted by molar-refractivity contribution is 5.85. The van der Waals surface area contributed by atoms with Gasteiger partial charge in [-0.05, 0) is 12.8 Å². The quantitative estimate of drug-likeness (QED) is 0.598. The molecule has 0 aromatic carbocycles. The lowest BCUT2D eigenvalue weighted by Crippen LogP contribution is -2.41. The first-order valence-corrected chi connectivity index (χ1v) is 4.29. The van der Waals surface area contributed by atoms with Crippen LogP contribution in [0.25, 0.3) is 0 Å². The molecule has 0 unspecified atom stereocenters. The topological polar surface area (TPSA) is 89.6 Å². The predicted octanol–water partition coefficient (Wildman–Crippen LogP) is -0.650. The molecule has 2 aliphatic rings. The first-order chi connectivity index (χ1) is 6.11. The number of carboxylic acids is 1. The number of hydrogen-bond acceptors (Lipinski definition) is 3. The number of rotatable bonds is 2. The summed E-state index contributed by atoms with van der Waals surface area (Å²) in [5.74, 6) is -2.89. The smallest absolute Gasteiger partial charge is 0.310 e. The zero-order valence-electron chi connectivity index (χ0n) is 6.97. The molecule has 2 rings (SSSR count). The summed E-state index contributed by atoms with van der Waals surface area (Å²) in [4.78, 5) is 21.8. The highest BCUT2D eigenvalue weighted by atomic mass is 16.5. The van der Waals surface area contributed by atoms with Gasteiger partial charge in [-0.2, -0.15) is 0 Å². The summed E-state index contributed by atoms with van der Waals surface area (Å²) in [6.07, 6.45) is 0.914. The lowest BCUT2D eigenvalue weighted by atomic mass is 9.79. The van der Waals surface area contributed by atoms with Crippen molar-refractivity contribution in [3.63, 3.8) is 0 Å². The van der Waals surface area contributed by atoms with E-state index in [1.165, 1.54) is 0 Å². The van der Waals surface area contributed by atoms with Crippen LogP contribution < -0.4 is 5.73 Å². The Morgan fingerprint density at radius 3 is 2.15 bits per heavy atom. The van der Waals surface area contributed by atoms with Crippen LogP contribution in [0.1, 0.15) is 12.8 Å². The Morgan fingerprint density at radius 2 is 1.77 bits per heavy atom. The van der Waals surface area contributed by atoms with Gasteiger partial charge >= 0.3 is 5.97 Å². The van der Waals surface area contributed by atoms with Gasteiger partial charge in [-0.15, -0.1) is 0 Å². The van der Waals surface area contributed by atoms with Crippen molar-refractivity contribution in [3.05, 3.63) is 0 Å². The van der Waals surface area contributed by atoms with E-state index in [-0.39, 0.29) is 12.2 Å². The number of carboxylic acid groups (broad SMARTS) is 1. The number of carbonyl (C=O) groups excluding carboxylic acids is 1. The largest absolute Gasteiger partial charge is 0.481 e. The number of ether oxygens (including phenoxy) is 1. The normalized spacial score (nSPS) is 42.2. The molecule has 2 bridgehead atoms. The molecule has 2 fully saturated rings. The fourth-order valence-electron chi connectivity index (χ4n) is 2.35. The third kappa shape index (κ3) is 1.11. The minimum Gasteiger partial charge on any atom is -0.481 e. The van der Waals surface area contributed by atoms with Crippen LogP contribution in [-0.4, -0.2) is 29.2 Å². The van der Waals surface area contributed by atoms with Gasteiger partial charge in [-0.3, -0.25) is 9.59 Å². The molecule has 0 aromatic rings. The Hall–Kier alpha value is -1.10. The molecule has 5 heteroatoms. The molecular formula is C8H11NO4. The first kappa shape index (κ1) is 8.50. The van der Waals surface area contributed by atoms with Crippen LogP contribution in [-0.2, 0) is 14.3 Å². The lowest BCUT2D eigenvalue weighted by molar-refractivity contribution is -0.147. The van der Waals surface area contributed by atoms with E-state index < -0.39 is 23.7 Å². The molecule has 2 aliphatic heterocycles. The molecule has 5 nitrogen and oxygen atoms in total. The highest BCUT2D eigenvalue weighted by Crippen LogP contribution is 2.43. The van der Waals surface area contributed by atoms with Crippen LogP contribution in [0.2, 0.25) is 0 Å². The van der Waals surface area contributed by atoms with Gasteiger partial charge in [0.25, 0.3) is 0 Å². The minimum atomic E-state index is -0.976. The van der Waals surface area contributed by atoms with Gasteiger partial charge in [-0.1, -0.05) is 0 Å². The summed E-state index contributed by atoms with van der Waals surface area (Å²) >= 11 is 0. The van der Waals surface area contributed by atoms with Gasteiger partial charge < -0.3 is 15.6 Å². The van der Waals surface area contributed by atoms with Crippen LogP contribution in [0.5, 0.6) is 0 Å². The molecule has 0 aliphatic carbocycles. The van der Waals surface area contributed by atoms with Crippen molar-refractivity contribution in [1.82, 2.24) is 0 Å². The Morgan fingerprint density at radius 1 is 1.23 bits per heavy atom. The van der Waals surface area contributed by atoms with Crippen molar-refractivity contribution in [3.8, 4) is 0 Å². The van der Waals surface area contributed by atoms with E-state index in [0.29, 0.717) is 0 Å². The van der Waals surface area contributed by atoms with E-state index in [4.69, 9.17) is 15.6 Å². The van der Waals surface area contributed by atoms with Crippen molar-refractivity contribution in [1.29, 1.82) is 0 Å². The third-order valence-corrected chi connectivity index (χ3v) is 2.89. The maximum Gasteiger partial charge on any atom is 0.310 e. The lowest BCUT2D eigenvalue weighted by Gasteiger charge is -2.21. The minimum absolute atomic E-state index is 0.261. The van der Waals surface area contributed by atoms with Crippen LogP contribution >= 0.6 is 0 Å². The molecule has 1 amide bonds. The Bertz CT molecular complexity index is 239. The van der Waals surface area contributed by atoms with Crippen LogP contribution in [0.4, 0.5) is 0 Å². The van der Waals surface area contributed by atoms with E-state index in [2.05, 4.69) is 0 Å². The second kappa shape index (κ2) is 2.70. The van der Waals surface area contributed by atoms with Gasteiger partial charge in [0.15, 0.2) is 0 Å². The Kier molecular flexibility index (Phi) is 1.76. The summed E-state index contributed by atoms with van der Waals surface area (Å²) in [5, 5.41) is 8.87. The Balaban J connectivity index is 2.24. The van der Waals surface area contributed by atoms with E-state index in [1.807, 2.05) is 0 Å². The number of aliphatic carboxylic acids is 1. The first-order valence-electron chi connectivity index (χ1n) is 4.29. The van der Waals surface area contributed by atoms with Gasteiger partial charge in [0.2, 0.25) is 5.91 Å². The fourth-order valence-corrected chi connectivity index (χ4v) is 2.35. The van der Waals surface area contributed by atoms with Crippen LogP contribution in [0.3, 0.4) is 0 Å². The maximum absolute atomic E-state index is 11.0. The molecule has 13 heavy (non-hydrogen) atoms. The van der Waals surface area contributed by atoms with Crippen molar-refractivity contribution < 1.29 is 19.4 Å². The predicted molar refractivity (Wildman–Crippen MR) is 41.7 cm³/mol. The van der Waals surface area contributed by atoms with Crippen LogP contribution in [0, 0.1) is 11.8 Å². The zero-order chi connectivity index (χ0) is 9.59. The van der Waals surface area contributed by atoms with Gasteiger partial charge in [0, 0.05) is 0 Å². The summed E-state index contributed by atoms with van der Waals surface area (Å²) in [6, 6.07) is 0. The average Bonchev–Trinajstić information content (AvgIpc) is 2.60. The Labute approximate surface area is 74.9 Å². The SMILES string of the molecule is NC(=O)[C@H]1[C@H](C(=O)O)[C@@H]2CC[C@H]1O2. The molecule has 72 valence electrons. The maximum atomic E-state index is 11.0. The van der Waals surface area contributed by atoms with Gasteiger partial charge in [-0.25, -0.2) is 0 Å². The molecule has 0 spiro atoms. The van der Waals surface area contributed by atoms with E-state index >= 15 is 0 Å². The molecule has 2 heterocycles. The molecule has 4 atom stereocenters. The second-order valence-electron chi connectivity index (χ2n) is 3.58. The molecule has 0 aromatic heterocycles. The molecule has 0 radical (unpaired) electrons. The van der Waals surface area contributed by atoms with E-state index in [9.17, 15) is 9.59 Å². The second-order valence-corrected chi connectivity index (χ2v) is 3.58. The summed E-state index contributed by atoms with van der Waals surface area (Å²) in [5.41, 5.74) is 5.13. The standard InChI is InChI=1S/C8H11NO4/c9-7(10)5-3-1-2-4(13-3)6(5)8(11)12/h3-6H,1-2H2,(H2,9,10)(H,11,12)/t3-,4+,5-,6-/m1/s1. The molecule has 2 saturated heterocycles. The monoisotopic (exact) mass is 185 g/mol. The molecule has 0 saturated carbocycles. The fraction of sp³-hybridized carbons (Fsp3) is 0.750. The van der Waals surface area contributed by atoms with E-state index in [0.717, 1.165) is 12.8 Å². The van der Waals surface area contributed by atoms with Crippen molar-refractivity contribution >= 4 is 11.9 Å². The average molecular weight is 185 g/mol. The number of hydrogen-bond donors (Lipinski definition) is 2. The molecule has 3 N–H and O–H groups in total. The number of amides is 1. The van der Waals surface area contributed by atoms with Gasteiger partial charge in [0.1, 0.15) is 0 Å². The van der Waals surface area contributed by atoms with Gasteiger partial charge in [0.05, 0.1) is 24.0 Å². The summed E-state index contributed by atoms with van der Waals surface area (Å²) in [6.45, 7) is 0.